The van der Waals surface area contributed by atoms with E-state index in [9.17, 15) is 13.6 Å². The summed E-state index contributed by atoms with van der Waals surface area (Å²) in [5, 5.41) is 2.57. The molecule has 1 N–H and O–H groups in total. The number of rotatable bonds is 6. The first-order chi connectivity index (χ1) is 11.8. The predicted molar refractivity (Wildman–Crippen MR) is 92.9 cm³/mol. The third kappa shape index (κ3) is 5.32. The molecule has 0 radical (unpaired) electrons. The van der Waals surface area contributed by atoms with Gasteiger partial charge in [0.2, 0.25) is 0 Å². The Bertz CT molecular complexity index is 758. The summed E-state index contributed by atoms with van der Waals surface area (Å²) in [7, 11) is 0. The van der Waals surface area contributed by atoms with Crippen LogP contribution in [0.3, 0.4) is 0 Å². The molecule has 0 heterocycles. The molecule has 4 nitrogen and oxygen atoms in total. The lowest BCUT2D eigenvalue weighted by Crippen LogP contribution is -2.20. The number of hydrogen-bond acceptors (Lipinski definition) is 3. The van der Waals surface area contributed by atoms with Crippen LogP contribution in [0, 0.1) is 20.8 Å². The summed E-state index contributed by atoms with van der Waals surface area (Å²) in [6.07, 6.45) is 0. The number of carbonyl (C=O) groups excluding carboxylic acids is 1. The Morgan fingerprint density at radius 3 is 2.36 bits per heavy atom. The van der Waals surface area contributed by atoms with Gasteiger partial charge in [-0.25, -0.2) is 0 Å². The number of amides is 1. The maximum absolute atomic E-state index is 12.2. The first-order valence-corrected chi connectivity index (χ1v) is 7.89. The predicted octanol–water partition coefficient (Wildman–Crippen LogP) is 4.88. The molecule has 0 aliphatic carbocycles. The van der Waals surface area contributed by atoms with Crippen LogP contribution in [0.4, 0.5) is 14.5 Å². The molecule has 7 heteroatoms. The molecular formula is C18H18ClF2NO3. The maximum Gasteiger partial charge on any atom is 0.387 e. The summed E-state index contributed by atoms with van der Waals surface area (Å²) in [4.78, 5) is 12.0. The molecule has 2 rings (SSSR count). The lowest BCUT2D eigenvalue weighted by atomic mass is 10.1. The average molecular weight is 370 g/mol. The van der Waals surface area contributed by atoms with E-state index >= 15 is 0 Å². The van der Waals surface area contributed by atoms with E-state index in [1.165, 1.54) is 18.2 Å². The summed E-state index contributed by atoms with van der Waals surface area (Å²) in [6, 6.07) is 7.96. The Hall–Kier alpha value is -2.34. The van der Waals surface area contributed by atoms with Crippen molar-refractivity contribution in [2.24, 2.45) is 0 Å². The fourth-order valence-corrected chi connectivity index (χ4v) is 2.72. The van der Waals surface area contributed by atoms with Crippen molar-refractivity contribution in [3.8, 4) is 11.5 Å². The molecule has 1 amide bonds. The van der Waals surface area contributed by atoms with Gasteiger partial charge in [0.05, 0.1) is 5.02 Å². The Kier molecular flexibility index (Phi) is 6.20. The van der Waals surface area contributed by atoms with Crippen LogP contribution < -0.4 is 14.8 Å². The van der Waals surface area contributed by atoms with E-state index in [0.29, 0.717) is 11.4 Å². The maximum atomic E-state index is 12.2. The summed E-state index contributed by atoms with van der Waals surface area (Å²) < 4.78 is 34.2. The third-order valence-corrected chi connectivity index (χ3v) is 3.68. The van der Waals surface area contributed by atoms with Crippen LogP contribution in [-0.4, -0.2) is 19.1 Å². The topological polar surface area (TPSA) is 47.6 Å². The molecule has 0 unspecified atom stereocenters. The van der Waals surface area contributed by atoms with E-state index in [1.807, 2.05) is 32.9 Å². The number of nitrogens with one attached hydrogen (secondary N) is 1. The molecule has 0 saturated carbocycles. The fraction of sp³-hybridized carbons (Fsp3) is 0.278. The molecule has 0 aliphatic rings. The number of alkyl halides is 2. The van der Waals surface area contributed by atoms with Crippen LogP contribution in [0.2, 0.25) is 5.02 Å². The van der Waals surface area contributed by atoms with Crippen LogP contribution in [0.25, 0.3) is 0 Å². The van der Waals surface area contributed by atoms with Crippen molar-refractivity contribution < 1.29 is 23.0 Å². The lowest BCUT2D eigenvalue weighted by Gasteiger charge is -2.13. The van der Waals surface area contributed by atoms with Gasteiger partial charge in [-0.15, -0.1) is 0 Å². The highest BCUT2D eigenvalue weighted by Gasteiger charge is 2.12. The van der Waals surface area contributed by atoms with E-state index < -0.39 is 12.5 Å². The zero-order valence-electron chi connectivity index (χ0n) is 14.0. The van der Waals surface area contributed by atoms with Crippen LogP contribution in [0.1, 0.15) is 16.7 Å². The molecule has 0 fully saturated rings. The molecule has 25 heavy (non-hydrogen) atoms. The van der Waals surface area contributed by atoms with Gasteiger partial charge in [-0.3, -0.25) is 4.79 Å². The van der Waals surface area contributed by atoms with Gasteiger partial charge in [0.25, 0.3) is 5.91 Å². The molecule has 0 aliphatic heterocycles. The van der Waals surface area contributed by atoms with Crippen LogP contribution in [-0.2, 0) is 4.79 Å². The van der Waals surface area contributed by atoms with E-state index in [0.717, 1.165) is 16.7 Å². The number of anilines is 1. The Balaban J connectivity index is 1.98. The van der Waals surface area contributed by atoms with Gasteiger partial charge >= 0.3 is 6.61 Å². The SMILES string of the molecule is Cc1cc(C)c(OCC(=O)Nc2ccc(OC(F)F)c(Cl)c2)c(C)c1. The van der Waals surface area contributed by atoms with Gasteiger partial charge in [-0.1, -0.05) is 29.3 Å². The highest BCUT2D eigenvalue weighted by Crippen LogP contribution is 2.29. The minimum atomic E-state index is -2.97. The highest BCUT2D eigenvalue weighted by molar-refractivity contribution is 6.32. The van der Waals surface area contributed by atoms with Gasteiger partial charge in [0.15, 0.2) is 6.61 Å². The van der Waals surface area contributed by atoms with E-state index in [2.05, 4.69) is 10.1 Å². The number of carbonyl (C=O) groups is 1. The molecule has 0 spiro atoms. The molecule has 0 atom stereocenters. The zero-order chi connectivity index (χ0) is 18.6. The Morgan fingerprint density at radius 1 is 1.16 bits per heavy atom. The second-order valence-corrected chi connectivity index (χ2v) is 6.00. The van der Waals surface area contributed by atoms with E-state index in [-0.39, 0.29) is 17.4 Å². The minimum absolute atomic E-state index is 0.0239. The fourth-order valence-electron chi connectivity index (χ4n) is 2.50. The monoisotopic (exact) mass is 369 g/mol. The molecule has 2 aromatic carbocycles. The van der Waals surface area contributed by atoms with Crippen molar-refractivity contribution in [3.63, 3.8) is 0 Å². The van der Waals surface area contributed by atoms with Crippen molar-refractivity contribution in [2.45, 2.75) is 27.4 Å². The Morgan fingerprint density at radius 2 is 1.80 bits per heavy atom. The van der Waals surface area contributed by atoms with Gasteiger partial charge in [-0.2, -0.15) is 8.78 Å². The van der Waals surface area contributed by atoms with Crippen molar-refractivity contribution in [1.29, 1.82) is 0 Å². The first kappa shape index (κ1) is 19.0. The summed E-state index contributed by atoms with van der Waals surface area (Å²) in [6.45, 7) is 2.66. The number of ether oxygens (including phenoxy) is 2. The number of halogens is 3. The normalized spacial score (nSPS) is 10.7. The molecule has 0 bridgehead atoms. The van der Waals surface area contributed by atoms with Crippen molar-refractivity contribution in [1.82, 2.24) is 0 Å². The third-order valence-electron chi connectivity index (χ3n) is 3.38. The second-order valence-electron chi connectivity index (χ2n) is 5.59. The van der Waals surface area contributed by atoms with Gasteiger partial charge in [0.1, 0.15) is 11.5 Å². The molecular weight excluding hydrogens is 352 g/mol. The smallest absolute Gasteiger partial charge is 0.387 e. The minimum Gasteiger partial charge on any atom is -0.483 e. The average Bonchev–Trinajstić information content (AvgIpc) is 2.48. The summed E-state index contributed by atoms with van der Waals surface area (Å²) in [5.74, 6) is 0.120. The molecule has 2 aromatic rings. The van der Waals surface area contributed by atoms with Crippen molar-refractivity contribution in [3.05, 3.63) is 52.0 Å². The molecule has 0 saturated heterocycles. The van der Waals surface area contributed by atoms with Crippen molar-refractivity contribution >= 4 is 23.2 Å². The summed E-state index contributed by atoms with van der Waals surface area (Å²) in [5.41, 5.74) is 3.37. The molecule has 0 aromatic heterocycles. The number of hydrogen-bond donors (Lipinski definition) is 1. The van der Waals surface area contributed by atoms with Crippen LogP contribution in [0.5, 0.6) is 11.5 Å². The highest BCUT2D eigenvalue weighted by atomic mass is 35.5. The summed E-state index contributed by atoms with van der Waals surface area (Å²) >= 11 is 5.85. The number of aryl methyl sites for hydroxylation is 3. The van der Waals surface area contributed by atoms with E-state index in [1.54, 1.807) is 0 Å². The largest absolute Gasteiger partial charge is 0.483 e. The Labute approximate surface area is 149 Å². The second kappa shape index (κ2) is 8.16. The standard InChI is InChI=1S/C18H18ClF2NO3/c1-10-6-11(2)17(12(3)7-10)24-9-16(23)22-13-4-5-15(14(19)8-13)25-18(20)21/h4-8,18H,9H2,1-3H3,(H,22,23). The van der Waals surface area contributed by atoms with Crippen molar-refractivity contribution in [2.75, 3.05) is 11.9 Å². The quantitative estimate of drug-likeness (QED) is 0.789. The lowest BCUT2D eigenvalue weighted by molar-refractivity contribution is -0.118. The van der Waals surface area contributed by atoms with Gasteiger partial charge in [-0.05, 0) is 50.1 Å². The first-order valence-electron chi connectivity index (χ1n) is 7.51. The molecule has 134 valence electrons. The van der Waals surface area contributed by atoms with Crippen LogP contribution in [0.15, 0.2) is 30.3 Å². The van der Waals surface area contributed by atoms with Gasteiger partial charge < -0.3 is 14.8 Å². The number of benzene rings is 2. The van der Waals surface area contributed by atoms with Gasteiger partial charge in [0, 0.05) is 5.69 Å². The van der Waals surface area contributed by atoms with E-state index in [4.69, 9.17) is 16.3 Å². The zero-order valence-corrected chi connectivity index (χ0v) is 14.8. The van der Waals surface area contributed by atoms with Crippen LogP contribution >= 0.6 is 11.6 Å².